The molecule has 0 aliphatic heterocycles. The van der Waals surface area contributed by atoms with Crippen molar-refractivity contribution in [2.45, 2.75) is 43.7 Å². The van der Waals surface area contributed by atoms with Gasteiger partial charge in [0.15, 0.2) is 5.16 Å². The van der Waals surface area contributed by atoms with Crippen LogP contribution < -0.4 is 0 Å². The maximum absolute atomic E-state index is 4.57. The molecule has 2 rings (SSSR count). The van der Waals surface area contributed by atoms with E-state index in [9.17, 15) is 0 Å². The maximum atomic E-state index is 4.57. The summed E-state index contributed by atoms with van der Waals surface area (Å²) in [7, 11) is 0. The van der Waals surface area contributed by atoms with Gasteiger partial charge in [0.25, 0.3) is 0 Å². The third-order valence-corrected chi connectivity index (χ3v) is 5.31. The third kappa shape index (κ3) is 3.17. The van der Waals surface area contributed by atoms with Crippen molar-refractivity contribution in [2.75, 3.05) is 11.5 Å². The van der Waals surface area contributed by atoms with Crippen molar-refractivity contribution >= 4 is 24.4 Å². The summed E-state index contributed by atoms with van der Waals surface area (Å²) in [5.74, 6) is 2.11. The van der Waals surface area contributed by atoms with E-state index in [1.165, 1.54) is 38.5 Å². The fraction of sp³-hybridized carbons (Fsp3) is 0.818. The molecule has 0 unspecified atom stereocenters. The molecular weight excluding hydrogens is 238 g/mol. The van der Waals surface area contributed by atoms with Gasteiger partial charge in [-0.3, -0.25) is 5.10 Å². The topological polar surface area (TPSA) is 41.6 Å². The number of H-pyrrole nitrogens is 1. The van der Waals surface area contributed by atoms with Crippen LogP contribution in [0.3, 0.4) is 0 Å². The lowest BCUT2D eigenvalue weighted by Gasteiger charge is -2.30. The molecule has 0 radical (unpaired) electrons. The predicted molar refractivity (Wildman–Crippen MR) is 71.1 cm³/mol. The van der Waals surface area contributed by atoms with E-state index < -0.39 is 0 Å². The maximum Gasteiger partial charge on any atom is 0.183 e. The number of nitrogens with one attached hydrogen (secondary N) is 1. The van der Waals surface area contributed by atoms with Crippen LogP contribution in [0, 0.1) is 5.41 Å². The van der Waals surface area contributed by atoms with Gasteiger partial charge in [-0.15, -0.1) is 0 Å². The second kappa shape index (κ2) is 5.96. The minimum Gasteiger partial charge on any atom is -0.254 e. The normalized spacial score (nSPS) is 20.6. The zero-order valence-electron chi connectivity index (χ0n) is 9.48. The molecule has 0 saturated heterocycles. The van der Waals surface area contributed by atoms with Gasteiger partial charge in [0.05, 0.1) is 0 Å². The molecule has 0 amide bonds. The van der Waals surface area contributed by atoms with Gasteiger partial charge >= 0.3 is 0 Å². The van der Waals surface area contributed by atoms with Crippen LogP contribution in [0.4, 0.5) is 0 Å². The average Bonchev–Trinajstić information content (AvgIpc) is 2.72. The van der Waals surface area contributed by atoms with Crippen LogP contribution >= 0.6 is 24.4 Å². The van der Waals surface area contributed by atoms with E-state index in [1.54, 1.807) is 18.1 Å². The summed E-state index contributed by atoms with van der Waals surface area (Å²) in [5, 5.41) is 7.72. The lowest BCUT2D eigenvalue weighted by atomic mass is 9.84. The molecule has 0 spiro atoms. The smallest absolute Gasteiger partial charge is 0.183 e. The number of nitrogens with zero attached hydrogens (tertiary/aromatic N) is 2. The summed E-state index contributed by atoms with van der Waals surface area (Å²) in [6.45, 7) is 0. The van der Waals surface area contributed by atoms with E-state index in [1.807, 2.05) is 0 Å². The van der Waals surface area contributed by atoms with Crippen LogP contribution in [0.2, 0.25) is 0 Å². The highest BCUT2D eigenvalue weighted by atomic mass is 32.2. The first-order valence-electron chi connectivity index (χ1n) is 5.94. The van der Waals surface area contributed by atoms with Crippen molar-refractivity contribution < 1.29 is 0 Å². The van der Waals surface area contributed by atoms with Crippen molar-refractivity contribution in [3.05, 3.63) is 6.33 Å². The quantitative estimate of drug-likeness (QED) is 0.494. The van der Waals surface area contributed by atoms with E-state index in [4.69, 9.17) is 0 Å². The minimum absolute atomic E-state index is 0.414. The Bertz CT molecular complexity index is 292. The van der Waals surface area contributed by atoms with Gasteiger partial charge in [0.1, 0.15) is 6.33 Å². The molecule has 16 heavy (non-hydrogen) atoms. The number of hydrogen-bond donors (Lipinski definition) is 2. The van der Waals surface area contributed by atoms with Crippen LogP contribution in [0.25, 0.3) is 0 Å². The Morgan fingerprint density at radius 2 is 2.06 bits per heavy atom. The highest BCUT2D eigenvalue weighted by Gasteiger charge is 2.29. The lowest BCUT2D eigenvalue weighted by Crippen LogP contribution is -2.25. The molecule has 0 atom stereocenters. The summed E-state index contributed by atoms with van der Waals surface area (Å²) in [6.07, 6.45) is 9.71. The molecule has 1 aliphatic carbocycles. The average molecular weight is 257 g/mol. The van der Waals surface area contributed by atoms with E-state index in [0.717, 1.165) is 16.7 Å². The Morgan fingerprint density at radius 1 is 1.31 bits per heavy atom. The highest BCUT2D eigenvalue weighted by molar-refractivity contribution is 7.99. The minimum atomic E-state index is 0.414. The van der Waals surface area contributed by atoms with E-state index in [0.29, 0.717) is 5.41 Å². The van der Waals surface area contributed by atoms with Crippen LogP contribution in [0.1, 0.15) is 38.5 Å². The van der Waals surface area contributed by atoms with Gasteiger partial charge in [-0.25, -0.2) is 4.98 Å². The molecule has 0 aromatic carbocycles. The van der Waals surface area contributed by atoms with Crippen LogP contribution in [0.5, 0.6) is 0 Å². The number of aromatic amines is 1. The molecule has 1 saturated carbocycles. The van der Waals surface area contributed by atoms with Crippen molar-refractivity contribution in [1.82, 2.24) is 15.2 Å². The SMILES string of the molecule is SCC1(CSc2ncn[nH]2)CCCCCC1. The van der Waals surface area contributed by atoms with Gasteiger partial charge < -0.3 is 0 Å². The number of thiol groups is 1. The molecule has 1 heterocycles. The third-order valence-electron chi connectivity index (χ3n) is 3.41. The zero-order valence-corrected chi connectivity index (χ0v) is 11.2. The Morgan fingerprint density at radius 3 is 2.62 bits per heavy atom. The predicted octanol–water partition coefficient (Wildman–Crippen LogP) is 3.17. The molecule has 90 valence electrons. The first-order chi connectivity index (χ1) is 7.85. The summed E-state index contributed by atoms with van der Waals surface area (Å²) < 4.78 is 0. The molecule has 1 aliphatic rings. The summed E-state index contributed by atoms with van der Waals surface area (Å²) in [5.41, 5.74) is 0.414. The molecule has 3 nitrogen and oxygen atoms in total. The molecular formula is C11H19N3S2. The van der Waals surface area contributed by atoms with Crippen LogP contribution in [-0.4, -0.2) is 26.7 Å². The highest BCUT2D eigenvalue weighted by Crippen LogP contribution is 2.39. The Hall–Kier alpha value is -0.160. The Balaban J connectivity index is 1.92. The number of thioether (sulfide) groups is 1. The second-order valence-electron chi connectivity index (χ2n) is 4.65. The summed E-state index contributed by atoms with van der Waals surface area (Å²) in [4.78, 5) is 4.16. The largest absolute Gasteiger partial charge is 0.254 e. The van der Waals surface area contributed by atoms with Crippen LogP contribution in [0.15, 0.2) is 11.5 Å². The van der Waals surface area contributed by atoms with Crippen molar-refractivity contribution in [2.24, 2.45) is 5.41 Å². The van der Waals surface area contributed by atoms with E-state index in [-0.39, 0.29) is 0 Å². The fourth-order valence-corrected chi connectivity index (χ4v) is 3.96. The first-order valence-corrected chi connectivity index (χ1v) is 7.55. The summed E-state index contributed by atoms with van der Waals surface area (Å²) >= 11 is 6.36. The fourth-order valence-electron chi connectivity index (χ4n) is 2.31. The van der Waals surface area contributed by atoms with Gasteiger partial charge in [-0.05, 0) is 24.0 Å². The van der Waals surface area contributed by atoms with Crippen molar-refractivity contribution in [3.8, 4) is 0 Å². The van der Waals surface area contributed by atoms with Crippen LogP contribution in [-0.2, 0) is 0 Å². The van der Waals surface area contributed by atoms with Gasteiger partial charge in [0, 0.05) is 5.75 Å². The van der Waals surface area contributed by atoms with Crippen molar-refractivity contribution in [3.63, 3.8) is 0 Å². The second-order valence-corrected chi connectivity index (χ2v) is 5.93. The molecule has 1 fully saturated rings. The molecule has 1 N–H and O–H groups in total. The van der Waals surface area contributed by atoms with E-state index in [2.05, 4.69) is 27.8 Å². The van der Waals surface area contributed by atoms with Gasteiger partial charge in [-0.1, -0.05) is 37.4 Å². The first kappa shape index (κ1) is 12.3. The summed E-state index contributed by atoms with van der Waals surface area (Å²) in [6, 6.07) is 0. The van der Waals surface area contributed by atoms with Gasteiger partial charge in [0.2, 0.25) is 0 Å². The van der Waals surface area contributed by atoms with Gasteiger partial charge in [-0.2, -0.15) is 17.7 Å². The zero-order chi connectivity index (χ0) is 11.3. The Kier molecular flexibility index (Phi) is 4.58. The Labute approximate surface area is 107 Å². The molecule has 0 bridgehead atoms. The molecule has 1 aromatic heterocycles. The molecule has 5 heteroatoms. The number of rotatable bonds is 4. The van der Waals surface area contributed by atoms with Crippen molar-refractivity contribution in [1.29, 1.82) is 0 Å². The number of aromatic nitrogens is 3. The number of hydrogen-bond acceptors (Lipinski definition) is 4. The monoisotopic (exact) mass is 257 g/mol. The van der Waals surface area contributed by atoms with E-state index >= 15 is 0 Å². The standard InChI is InChI=1S/C11H19N3S2/c15-7-11(5-3-1-2-4-6-11)8-16-10-12-9-13-14-10/h9,15H,1-8H2,(H,12,13,14). The lowest BCUT2D eigenvalue weighted by molar-refractivity contribution is 0.332. The molecule has 1 aromatic rings.